The molecule has 0 saturated carbocycles. The van der Waals surface area contributed by atoms with Gasteiger partial charge in [0.2, 0.25) is 0 Å². The van der Waals surface area contributed by atoms with E-state index in [1.807, 2.05) is 37.3 Å². The Morgan fingerprint density at radius 1 is 1.21 bits per heavy atom. The highest BCUT2D eigenvalue weighted by molar-refractivity contribution is 5.93. The monoisotopic (exact) mass is 257 g/mol. The van der Waals surface area contributed by atoms with Gasteiger partial charge in [-0.1, -0.05) is 32.0 Å². The van der Waals surface area contributed by atoms with Crippen LogP contribution in [0.15, 0.2) is 42.9 Å². The summed E-state index contributed by atoms with van der Waals surface area (Å²) in [6.07, 6.45) is 3.25. The summed E-state index contributed by atoms with van der Waals surface area (Å²) in [5.74, 6) is 0.305. The van der Waals surface area contributed by atoms with E-state index < -0.39 is 0 Å². The number of hydrogen-bond donors (Lipinski definition) is 1. The molecule has 19 heavy (non-hydrogen) atoms. The van der Waals surface area contributed by atoms with Crippen molar-refractivity contribution in [2.75, 3.05) is 0 Å². The van der Waals surface area contributed by atoms with Crippen LogP contribution in [0.4, 0.5) is 0 Å². The fourth-order valence-electron chi connectivity index (χ4n) is 1.70. The first-order chi connectivity index (χ1) is 9.09. The minimum absolute atomic E-state index is 0.0949. The second-order valence-corrected chi connectivity index (χ2v) is 4.99. The van der Waals surface area contributed by atoms with Crippen LogP contribution in [-0.2, 0) is 0 Å². The molecule has 1 unspecified atom stereocenters. The Bertz CT molecular complexity index is 546. The molecule has 0 saturated heterocycles. The number of carbonyl (C=O) groups is 1. The van der Waals surface area contributed by atoms with E-state index in [0.717, 1.165) is 5.69 Å². The van der Waals surface area contributed by atoms with Gasteiger partial charge in [-0.3, -0.25) is 9.36 Å². The molecule has 0 fully saturated rings. The summed E-state index contributed by atoms with van der Waals surface area (Å²) in [6, 6.07) is 9.85. The molecule has 4 heteroatoms. The molecule has 0 bridgehead atoms. The third-order valence-corrected chi connectivity index (χ3v) is 3.26. The van der Waals surface area contributed by atoms with Gasteiger partial charge in [-0.25, -0.2) is 4.98 Å². The van der Waals surface area contributed by atoms with Crippen molar-refractivity contribution in [1.82, 2.24) is 14.9 Å². The molecule has 1 amide bonds. The van der Waals surface area contributed by atoms with E-state index >= 15 is 0 Å². The summed E-state index contributed by atoms with van der Waals surface area (Å²) >= 11 is 0. The topological polar surface area (TPSA) is 46.9 Å². The molecule has 2 aromatic rings. The number of amides is 1. The Hall–Kier alpha value is -2.10. The first-order valence-electron chi connectivity index (χ1n) is 6.48. The minimum atomic E-state index is -0.0949. The molecular weight excluding hydrogens is 238 g/mol. The van der Waals surface area contributed by atoms with Crippen molar-refractivity contribution in [2.24, 2.45) is 5.92 Å². The van der Waals surface area contributed by atoms with Crippen LogP contribution in [0, 0.1) is 5.92 Å². The van der Waals surface area contributed by atoms with Gasteiger partial charge in [-0.2, -0.15) is 0 Å². The molecule has 4 nitrogen and oxygen atoms in total. The lowest BCUT2D eigenvalue weighted by molar-refractivity contribution is 0.0923. The number of benzene rings is 1. The Morgan fingerprint density at radius 2 is 1.89 bits per heavy atom. The van der Waals surface area contributed by atoms with Crippen molar-refractivity contribution in [3.63, 3.8) is 0 Å². The van der Waals surface area contributed by atoms with Crippen molar-refractivity contribution >= 4 is 5.91 Å². The van der Waals surface area contributed by atoms with Crippen molar-refractivity contribution in [2.45, 2.75) is 26.8 Å². The normalized spacial score (nSPS) is 12.4. The highest BCUT2D eigenvalue weighted by Gasteiger charge is 2.16. The van der Waals surface area contributed by atoms with Crippen molar-refractivity contribution in [3.8, 4) is 5.69 Å². The smallest absolute Gasteiger partial charge is 0.270 e. The maximum Gasteiger partial charge on any atom is 0.270 e. The number of carbonyl (C=O) groups excluding carboxylic acids is 1. The average Bonchev–Trinajstić information content (AvgIpc) is 2.88. The second kappa shape index (κ2) is 5.69. The third-order valence-electron chi connectivity index (χ3n) is 3.26. The van der Waals surface area contributed by atoms with Crippen LogP contribution in [0.5, 0.6) is 0 Å². The molecule has 0 spiro atoms. The maximum absolute atomic E-state index is 12.2. The zero-order chi connectivity index (χ0) is 13.8. The van der Waals surface area contributed by atoms with Crippen LogP contribution < -0.4 is 5.32 Å². The summed E-state index contributed by atoms with van der Waals surface area (Å²) in [7, 11) is 0. The standard InChI is InChI=1S/C15H19N3O/c1-11(2)12(3)17-15(19)14-9-16-10-18(14)13-7-5-4-6-8-13/h4-12H,1-3H3,(H,17,19). The van der Waals surface area contributed by atoms with E-state index in [-0.39, 0.29) is 11.9 Å². The summed E-state index contributed by atoms with van der Waals surface area (Å²) in [4.78, 5) is 16.3. The summed E-state index contributed by atoms with van der Waals surface area (Å²) in [5.41, 5.74) is 1.49. The average molecular weight is 257 g/mol. The quantitative estimate of drug-likeness (QED) is 0.915. The Balaban J connectivity index is 2.23. The zero-order valence-electron chi connectivity index (χ0n) is 11.5. The molecule has 0 aliphatic carbocycles. The van der Waals surface area contributed by atoms with E-state index in [1.165, 1.54) is 0 Å². The van der Waals surface area contributed by atoms with Gasteiger partial charge in [0.05, 0.1) is 12.5 Å². The molecule has 1 atom stereocenters. The van der Waals surface area contributed by atoms with Crippen LogP contribution in [-0.4, -0.2) is 21.5 Å². The Morgan fingerprint density at radius 3 is 2.53 bits per heavy atom. The van der Waals surface area contributed by atoms with Crippen molar-refractivity contribution < 1.29 is 4.79 Å². The largest absolute Gasteiger partial charge is 0.348 e. The van der Waals surface area contributed by atoms with Gasteiger partial charge in [0.25, 0.3) is 5.91 Å². The zero-order valence-corrected chi connectivity index (χ0v) is 11.5. The van der Waals surface area contributed by atoms with Gasteiger partial charge in [0.1, 0.15) is 5.69 Å². The number of rotatable bonds is 4. The molecule has 1 aromatic carbocycles. The van der Waals surface area contributed by atoms with E-state index in [1.54, 1.807) is 17.1 Å². The fourth-order valence-corrected chi connectivity index (χ4v) is 1.70. The fraction of sp³-hybridized carbons (Fsp3) is 0.333. The summed E-state index contributed by atoms with van der Waals surface area (Å²) in [5, 5.41) is 2.99. The molecule has 0 radical (unpaired) electrons. The number of imidazole rings is 1. The van der Waals surface area contributed by atoms with E-state index in [0.29, 0.717) is 11.6 Å². The first kappa shape index (κ1) is 13.3. The highest BCUT2D eigenvalue weighted by Crippen LogP contribution is 2.11. The van der Waals surface area contributed by atoms with E-state index in [9.17, 15) is 4.79 Å². The van der Waals surface area contributed by atoms with Crippen LogP contribution in [0.1, 0.15) is 31.3 Å². The van der Waals surface area contributed by atoms with Gasteiger partial charge < -0.3 is 5.32 Å². The van der Waals surface area contributed by atoms with Crippen molar-refractivity contribution in [3.05, 3.63) is 48.5 Å². The van der Waals surface area contributed by atoms with Crippen LogP contribution in [0.3, 0.4) is 0 Å². The number of nitrogens with zero attached hydrogens (tertiary/aromatic N) is 2. The van der Waals surface area contributed by atoms with E-state index in [2.05, 4.69) is 24.1 Å². The Labute approximate surface area is 113 Å². The Kier molecular flexibility index (Phi) is 4.00. The van der Waals surface area contributed by atoms with Gasteiger partial charge in [0, 0.05) is 11.7 Å². The lowest BCUT2D eigenvalue weighted by Gasteiger charge is -2.17. The molecule has 1 heterocycles. The van der Waals surface area contributed by atoms with Crippen LogP contribution in [0.25, 0.3) is 5.69 Å². The van der Waals surface area contributed by atoms with Crippen LogP contribution in [0.2, 0.25) is 0 Å². The molecule has 2 rings (SSSR count). The van der Waals surface area contributed by atoms with Gasteiger partial charge in [-0.15, -0.1) is 0 Å². The molecule has 1 N–H and O–H groups in total. The number of nitrogens with one attached hydrogen (secondary N) is 1. The molecular formula is C15H19N3O. The molecule has 0 aliphatic heterocycles. The number of hydrogen-bond acceptors (Lipinski definition) is 2. The third kappa shape index (κ3) is 3.02. The lowest BCUT2D eigenvalue weighted by Crippen LogP contribution is -2.36. The minimum Gasteiger partial charge on any atom is -0.348 e. The predicted molar refractivity (Wildman–Crippen MR) is 75.3 cm³/mol. The highest BCUT2D eigenvalue weighted by atomic mass is 16.2. The van der Waals surface area contributed by atoms with Gasteiger partial charge in [-0.05, 0) is 25.0 Å². The predicted octanol–water partition coefficient (Wildman–Crippen LogP) is 2.65. The number of aromatic nitrogens is 2. The summed E-state index contributed by atoms with van der Waals surface area (Å²) < 4.78 is 1.79. The number of para-hydroxylation sites is 1. The van der Waals surface area contributed by atoms with Gasteiger partial charge >= 0.3 is 0 Å². The summed E-state index contributed by atoms with van der Waals surface area (Å²) in [6.45, 7) is 6.17. The van der Waals surface area contributed by atoms with Crippen LogP contribution >= 0.6 is 0 Å². The molecule has 1 aromatic heterocycles. The lowest BCUT2D eigenvalue weighted by atomic mass is 10.1. The molecule has 0 aliphatic rings. The second-order valence-electron chi connectivity index (χ2n) is 4.99. The molecule has 100 valence electrons. The van der Waals surface area contributed by atoms with Crippen molar-refractivity contribution in [1.29, 1.82) is 0 Å². The van der Waals surface area contributed by atoms with E-state index in [4.69, 9.17) is 0 Å². The first-order valence-corrected chi connectivity index (χ1v) is 6.48. The SMILES string of the molecule is CC(C)C(C)NC(=O)c1cncn1-c1ccccc1. The van der Waals surface area contributed by atoms with Gasteiger partial charge in [0.15, 0.2) is 0 Å². The maximum atomic E-state index is 12.2.